The van der Waals surface area contributed by atoms with Crippen molar-refractivity contribution < 1.29 is 19.4 Å². The lowest BCUT2D eigenvalue weighted by Gasteiger charge is -2.39. The van der Waals surface area contributed by atoms with Crippen LogP contribution in [-0.4, -0.2) is 19.0 Å². The van der Waals surface area contributed by atoms with E-state index in [4.69, 9.17) is 4.74 Å². The molecule has 15 heavy (non-hydrogen) atoms. The number of rotatable bonds is 2. The lowest BCUT2D eigenvalue weighted by Crippen LogP contribution is -2.46. The van der Waals surface area contributed by atoms with Gasteiger partial charge in [-0.25, -0.2) is 0 Å². The zero-order valence-electron chi connectivity index (χ0n) is 9.62. The summed E-state index contributed by atoms with van der Waals surface area (Å²) in [7, 11) is 1.33. The van der Waals surface area contributed by atoms with Gasteiger partial charge in [0, 0.05) is 11.9 Å². The SMILES string of the molecule is COC(=O)[C@]1(C)CC[C@H](C(=O)[O-])C1(C)C. The lowest BCUT2D eigenvalue weighted by atomic mass is 9.66. The van der Waals surface area contributed by atoms with Crippen molar-refractivity contribution in [3.8, 4) is 0 Å². The second-order valence-corrected chi connectivity index (χ2v) is 4.96. The first-order valence-corrected chi connectivity index (χ1v) is 5.06. The van der Waals surface area contributed by atoms with E-state index in [1.807, 2.05) is 0 Å². The zero-order chi connectivity index (χ0) is 11.9. The molecule has 0 aromatic carbocycles. The third-order valence-corrected chi connectivity index (χ3v) is 4.15. The molecule has 0 saturated heterocycles. The molecule has 1 aliphatic rings. The molecule has 0 spiro atoms. The van der Waals surface area contributed by atoms with E-state index in [-0.39, 0.29) is 5.97 Å². The highest BCUT2D eigenvalue weighted by molar-refractivity contribution is 5.80. The summed E-state index contributed by atoms with van der Waals surface area (Å²) in [5, 5.41) is 11.0. The van der Waals surface area contributed by atoms with Gasteiger partial charge in [-0.2, -0.15) is 0 Å². The Kier molecular flexibility index (Phi) is 2.81. The van der Waals surface area contributed by atoms with Crippen LogP contribution >= 0.6 is 0 Å². The van der Waals surface area contributed by atoms with Crippen LogP contribution < -0.4 is 5.11 Å². The van der Waals surface area contributed by atoms with Gasteiger partial charge in [-0.05, 0) is 25.2 Å². The number of esters is 1. The van der Waals surface area contributed by atoms with Crippen molar-refractivity contribution in [3.63, 3.8) is 0 Å². The first-order chi connectivity index (χ1) is 6.77. The summed E-state index contributed by atoms with van der Waals surface area (Å²) in [6, 6.07) is 0. The maximum Gasteiger partial charge on any atom is 0.312 e. The third-order valence-electron chi connectivity index (χ3n) is 4.15. The van der Waals surface area contributed by atoms with Crippen LogP contribution in [0.3, 0.4) is 0 Å². The maximum atomic E-state index is 11.7. The average Bonchev–Trinajstić information content (AvgIpc) is 2.38. The second-order valence-electron chi connectivity index (χ2n) is 4.96. The number of carboxylic acids is 1. The Hall–Kier alpha value is -1.06. The standard InChI is InChI=1S/C11H18O4/c1-10(2)7(8(12)13)5-6-11(10,3)9(14)15-4/h7H,5-6H2,1-4H3,(H,12,13)/p-1/t7-,11+/m1/s1. The zero-order valence-corrected chi connectivity index (χ0v) is 9.62. The number of carboxylic acid groups (broad SMARTS) is 1. The second kappa shape index (κ2) is 3.51. The van der Waals surface area contributed by atoms with Crippen molar-refractivity contribution in [2.45, 2.75) is 33.6 Å². The summed E-state index contributed by atoms with van der Waals surface area (Å²) in [5.74, 6) is -1.99. The fraction of sp³-hybridized carbons (Fsp3) is 0.818. The van der Waals surface area contributed by atoms with Gasteiger partial charge in [0.05, 0.1) is 12.5 Å². The molecule has 1 rings (SSSR count). The molecular formula is C11H17O4-. The molecule has 0 unspecified atom stereocenters. The van der Waals surface area contributed by atoms with Crippen LogP contribution in [0.4, 0.5) is 0 Å². The molecule has 0 aromatic rings. The Labute approximate surface area is 89.6 Å². The van der Waals surface area contributed by atoms with Gasteiger partial charge in [0.1, 0.15) is 0 Å². The number of carbonyl (C=O) groups excluding carboxylic acids is 2. The minimum Gasteiger partial charge on any atom is -0.550 e. The molecule has 86 valence electrons. The fourth-order valence-corrected chi connectivity index (χ4v) is 2.50. The van der Waals surface area contributed by atoms with Crippen LogP contribution in [0.25, 0.3) is 0 Å². The number of hydrogen-bond donors (Lipinski definition) is 0. The highest BCUT2D eigenvalue weighted by atomic mass is 16.5. The van der Waals surface area contributed by atoms with Crippen molar-refractivity contribution in [2.75, 3.05) is 7.11 Å². The van der Waals surface area contributed by atoms with Crippen molar-refractivity contribution in [3.05, 3.63) is 0 Å². The quantitative estimate of drug-likeness (QED) is 0.621. The molecule has 4 heteroatoms. The summed E-state index contributed by atoms with van der Waals surface area (Å²) >= 11 is 0. The molecule has 0 radical (unpaired) electrons. The average molecular weight is 213 g/mol. The van der Waals surface area contributed by atoms with Gasteiger partial charge in [-0.3, -0.25) is 4.79 Å². The molecule has 0 aliphatic heterocycles. The summed E-state index contributed by atoms with van der Waals surface area (Å²) < 4.78 is 4.75. The number of hydrogen-bond acceptors (Lipinski definition) is 4. The van der Waals surface area contributed by atoms with Gasteiger partial charge < -0.3 is 14.6 Å². The molecule has 1 aliphatic carbocycles. The van der Waals surface area contributed by atoms with Crippen molar-refractivity contribution in [1.82, 2.24) is 0 Å². The molecule has 0 N–H and O–H groups in total. The number of carbonyl (C=O) groups is 2. The van der Waals surface area contributed by atoms with Gasteiger partial charge in [-0.1, -0.05) is 13.8 Å². The summed E-state index contributed by atoms with van der Waals surface area (Å²) in [6.07, 6.45) is 1.01. The van der Waals surface area contributed by atoms with Crippen LogP contribution in [0.1, 0.15) is 33.6 Å². The predicted molar refractivity (Wildman–Crippen MR) is 51.6 cm³/mol. The van der Waals surface area contributed by atoms with E-state index in [2.05, 4.69) is 0 Å². The van der Waals surface area contributed by atoms with E-state index < -0.39 is 22.7 Å². The number of ether oxygens (including phenoxy) is 1. The maximum absolute atomic E-state index is 11.7. The number of aliphatic carboxylic acids is 1. The van der Waals surface area contributed by atoms with Gasteiger partial charge >= 0.3 is 5.97 Å². The highest BCUT2D eigenvalue weighted by Gasteiger charge is 2.56. The van der Waals surface area contributed by atoms with E-state index in [9.17, 15) is 14.7 Å². The Balaban J connectivity index is 3.06. The molecule has 0 aromatic heterocycles. The van der Waals surface area contributed by atoms with Crippen molar-refractivity contribution >= 4 is 11.9 Å². The number of methoxy groups -OCH3 is 1. The molecule has 1 fully saturated rings. The molecular weight excluding hydrogens is 196 g/mol. The Morgan fingerprint density at radius 1 is 1.33 bits per heavy atom. The van der Waals surface area contributed by atoms with Crippen LogP contribution in [0, 0.1) is 16.7 Å². The van der Waals surface area contributed by atoms with Crippen LogP contribution in [-0.2, 0) is 14.3 Å². The monoisotopic (exact) mass is 213 g/mol. The normalized spacial score (nSPS) is 33.7. The molecule has 2 atom stereocenters. The Morgan fingerprint density at radius 3 is 2.20 bits per heavy atom. The molecule has 4 nitrogen and oxygen atoms in total. The van der Waals surface area contributed by atoms with E-state index in [0.29, 0.717) is 12.8 Å². The first-order valence-electron chi connectivity index (χ1n) is 5.06. The molecule has 0 amide bonds. The predicted octanol–water partition coefficient (Wildman–Crippen LogP) is 0.352. The van der Waals surface area contributed by atoms with Gasteiger partial charge in [0.15, 0.2) is 0 Å². The summed E-state index contributed by atoms with van der Waals surface area (Å²) in [6.45, 7) is 5.34. The van der Waals surface area contributed by atoms with E-state index in [0.717, 1.165) is 0 Å². The van der Waals surface area contributed by atoms with E-state index in [1.54, 1.807) is 20.8 Å². The lowest BCUT2D eigenvalue weighted by molar-refractivity contribution is -0.315. The van der Waals surface area contributed by atoms with E-state index >= 15 is 0 Å². The fourth-order valence-electron chi connectivity index (χ4n) is 2.50. The minimum atomic E-state index is -1.08. The minimum absolute atomic E-state index is 0.337. The molecule has 0 heterocycles. The smallest absolute Gasteiger partial charge is 0.312 e. The highest BCUT2D eigenvalue weighted by Crippen LogP contribution is 2.56. The van der Waals surface area contributed by atoms with Crippen LogP contribution in [0.5, 0.6) is 0 Å². The van der Waals surface area contributed by atoms with Gasteiger partial charge in [-0.15, -0.1) is 0 Å². The van der Waals surface area contributed by atoms with Crippen molar-refractivity contribution in [1.29, 1.82) is 0 Å². The van der Waals surface area contributed by atoms with Gasteiger partial charge in [0.25, 0.3) is 0 Å². The summed E-state index contributed by atoms with van der Waals surface area (Å²) in [5.41, 5.74) is -1.36. The largest absolute Gasteiger partial charge is 0.550 e. The summed E-state index contributed by atoms with van der Waals surface area (Å²) in [4.78, 5) is 22.6. The first kappa shape index (κ1) is 12.0. The van der Waals surface area contributed by atoms with Crippen molar-refractivity contribution in [2.24, 2.45) is 16.7 Å². The van der Waals surface area contributed by atoms with Gasteiger partial charge in [0.2, 0.25) is 0 Å². The van der Waals surface area contributed by atoms with E-state index in [1.165, 1.54) is 7.11 Å². The Bertz CT molecular complexity index is 295. The molecule has 1 saturated carbocycles. The Morgan fingerprint density at radius 2 is 1.87 bits per heavy atom. The topological polar surface area (TPSA) is 66.4 Å². The molecule has 0 bridgehead atoms. The van der Waals surface area contributed by atoms with Crippen LogP contribution in [0.2, 0.25) is 0 Å². The van der Waals surface area contributed by atoms with Crippen LogP contribution in [0.15, 0.2) is 0 Å². The third kappa shape index (κ3) is 1.52.